The van der Waals surface area contributed by atoms with Gasteiger partial charge in [-0.15, -0.1) is 0 Å². The fourth-order valence-corrected chi connectivity index (χ4v) is 6.37. The van der Waals surface area contributed by atoms with Crippen LogP contribution in [0.1, 0.15) is 119 Å². The molecule has 2 aliphatic rings. The average Bonchev–Trinajstić information content (AvgIpc) is 3.19. The van der Waals surface area contributed by atoms with E-state index in [1.807, 2.05) is 27.7 Å². The second kappa shape index (κ2) is 26.3. The number of rotatable bonds is 26. The first-order chi connectivity index (χ1) is 29.2. The molecule has 3 unspecified atom stereocenters. The number of carbonyl (C=O) groups excluding carboxylic acids is 5. The van der Waals surface area contributed by atoms with Crippen LogP contribution in [0, 0.1) is 5.92 Å². The van der Waals surface area contributed by atoms with Gasteiger partial charge in [-0.3, -0.25) is 24.0 Å². The standard InChI is InChI=1S/C38H58N4O14.C6H14/c1-7-33(48)52-19-25-8-9-28(55-34-18-26(44)17-29(56-34)35(49)50)27(16-25)41-30(45)11-14-40-31(46)20-54-38(21-39-24-43)22-42(23-38)32(47)10-12-37(4,5)53-15-13-36(2,3)51-6;1-4-5-6(2)3/h8-9,16,24,26,29,34,44H,7,10-15,17-23H2,1-6H3,(H,39,43)(H,40,46)(H,41,45)(H,49,50);6H,4-5H2,1-3H3. The van der Waals surface area contributed by atoms with Gasteiger partial charge in [-0.25, -0.2) is 4.79 Å². The summed E-state index contributed by atoms with van der Waals surface area (Å²) in [7, 11) is 1.65. The molecule has 0 radical (unpaired) electrons. The molecule has 0 aromatic heterocycles. The van der Waals surface area contributed by atoms with Crippen LogP contribution in [0.3, 0.4) is 0 Å². The summed E-state index contributed by atoms with van der Waals surface area (Å²) in [6.07, 6.45) is 1.17. The molecular formula is C44H72N4O14. The Kier molecular flexibility index (Phi) is 22.8. The van der Waals surface area contributed by atoms with Gasteiger partial charge in [-0.1, -0.05) is 46.6 Å². The number of anilines is 1. The van der Waals surface area contributed by atoms with Crippen LogP contribution in [-0.4, -0.2) is 133 Å². The second-order valence-corrected chi connectivity index (χ2v) is 17.4. The maximum absolute atomic E-state index is 13.0. The van der Waals surface area contributed by atoms with Crippen LogP contribution in [0.5, 0.6) is 5.75 Å². The van der Waals surface area contributed by atoms with Crippen molar-refractivity contribution in [3.63, 3.8) is 0 Å². The van der Waals surface area contributed by atoms with E-state index in [4.69, 9.17) is 28.4 Å². The Hall–Kier alpha value is -4.36. The highest BCUT2D eigenvalue weighted by molar-refractivity contribution is 5.93. The van der Waals surface area contributed by atoms with E-state index in [0.717, 1.165) is 5.92 Å². The maximum atomic E-state index is 13.0. The lowest BCUT2D eigenvalue weighted by atomic mass is 9.92. The minimum atomic E-state index is -1.28. The zero-order chi connectivity index (χ0) is 46.5. The molecule has 18 nitrogen and oxygen atoms in total. The number of carboxylic acid groups (broad SMARTS) is 1. The number of likely N-dealkylation sites (tertiary alicyclic amines) is 1. The largest absolute Gasteiger partial charge is 0.479 e. The smallest absolute Gasteiger partial charge is 0.333 e. The van der Waals surface area contributed by atoms with Gasteiger partial charge in [0.25, 0.3) is 0 Å². The van der Waals surface area contributed by atoms with Crippen molar-refractivity contribution in [3.05, 3.63) is 23.8 Å². The SMILES string of the molecule is CCC(=O)OCc1ccc(OC2CC(O)CC(C(=O)O)O2)c(NC(=O)CCNC(=O)COC2(CNC=O)CN(C(=O)CCC(C)(C)OCCC(C)(C)OC)C2)c1.CCCC(C)C. The molecule has 3 rings (SSSR count). The Bertz CT molecular complexity index is 1600. The van der Waals surface area contributed by atoms with Gasteiger partial charge in [-0.05, 0) is 64.2 Å². The predicted octanol–water partition coefficient (Wildman–Crippen LogP) is 4.09. The molecule has 0 spiro atoms. The van der Waals surface area contributed by atoms with Crippen LogP contribution >= 0.6 is 0 Å². The van der Waals surface area contributed by atoms with Crippen LogP contribution in [0.25, 0.3) is 0 Å². The molecule has 2 aliphatic heterocycles. The summed E-state index contributed by atoms with van der Waals surface area (Å²) in [6.45, 7) is 16.6. The summed E-state index contributed by atoms with van der Waals surface area (Å²) >= 11 is 0. The van der Waals surface area contributed by atoms with E-state index in [2.05, 4.69) is 36.7 Å². The van der Waals surface area contributed by atoms with E-state index in [9.17, 15) is 39.0 Å². The molecule has 4 amide bonds. The summed E-state index contributed by atoms with van der Waals surface area (Å²) in [6, 6.07) is 4.62. The number of carboxylic acids is 1. The minimum Gasteiger partial charge on any atom is -0.479 e. The number of aliphatic carboxylic acids is 1. The summed E-state index contributed by atoms with van der Waals surface area (Å²) in [5.74, 6) is -1.80. The third kappa shape index (κ3) is 20.2. The van der Waals surface area contributed by atoms with Gasteiger partial charge in [0.15, 0.2) is 6.10 Å². The zero-order valence-corrected chi connectivity index (χ0v) is 38.2. The molecule has 62 heavy (non-hydrogen) atoms. The average molecular weight is 881 g/mol. The third-order valence-corrected chi connectivity index (χ3v) is 10.4. The molecule has 1 aromatic carbocycles. The number of amides is 4. The first-order valence-electron chi connectivity index (χ1n) is 21.5. The van der Waals surface area contributed by atoms with E-state index in [1.54, 1.807) is 25.0 Å². The number of aliphatic hydroxyl groups excluding tert-OH is 1. The number of ether oxygens (including phenoxy) is 6. The highest BCUT2D eigenvalue weighted by Crippen LogP contribution is 2.31. The van der Waals surface area contributed by atoms with Gasteiger partial charge in [0.05, 0.1) is 42.7 Å². The van der Waals surface area contributed by atoms with Gasteiger partial charge in [-0.2, -0.15) is 0 Å². The zero-order valence-electron chi connectivity index (χ0n) is 38.2. The molecule has 2 heterocycles. The number of esters is 1. The van der Waals surface area contributed by atoms with Crippen molar-refractivity contribution in [2.75, 3.05) is 51.8 Å². The molecule has 0 saturated carbocycles. The van der Waals surface area contributed by atoms with E-state index in [0.29, 0.717) is 31.4 Å². The lowest BCUT2D eigenvalue weighted by Crippen LogP contribution is -2.69. The fourth-order valence-electron chi connectivity index (χ4n) is 6.37. The molecule has 2 saturated heterocycles. The first kappa shape index (κ1) is 53.8. The van der Waals surface area contributed by atoms with Crippen LogP contribution in [-0.2, 0) is 59.1 Å². The highest BCUT2D eigenvalue weighted by atomic mass is 16.7. The normalized spacial score (nSPS) is 18.4. The first-order valence-corrected chi connectivity index (χ1v) is 21.5. The number of benzene rings is 1. The monoisotopic (exact) mass is 881 g/mol. The van der Waals surface area contributed by atoms with Crippen molar-refractivity contribution >= 4 is 41.8 Å². The molecule has 18 heteroatoms. The number of aliphatic hydroxyl groups is 1. The molecule has 1 aromatic rings. The van der Waals surface area contributed by atoms with Gasteiger partial charge in [0.1, 0.15) is 24.6 Å². The minimum absolute atomic E-state index is 0.00933. The maximum Gasteiger partial charge on any atom is 0.333 e. The Morgan fingerprint density at radius 1 is 1.02 bits per heavy atom. The Labute approximate surface area is 366 Å². The summed E-state index contributed by atoms with van der Waals surface area (Å²) in [5.41, 5.74) is -1.11. The third-order valence-electron chi connectivity index (χ3n) is 10.4. The predicted molar refractivity (Wildman–Crippen MR) is 229 cm³/mol. The van der Waals surface area contributed by atoms with E-state index in [-0.39, 0.29) is 94.4 Å². The molecule has 3 atom stereocenters. The Balaban J connectivity index is 0.00000205. The summed E-state index contributed by atoms with van der Waals surface area (Å²) < 4.78 is 33.9. The van der Waals surface area contributed by atoms with Crippen molar-refractivity contribution in [1.29, 1.82) is 0 Å². The lowest BCUT2D eigenvalue weighted by molar-refractivity contribution is -0.195. The number of carbonyl (C=O) groups is 6. The fraction of sp³-hybridized carbons (Fsp3) is 0.727. The van der Waals surface area contributed by atoms with Gasteiger partial charge in [0, 0.05) is 52.3 Å². The number of hydrogen-bond donors (Lipinski definition) is 5. The van der Waals surface area contributed by atoms with Gasteiger partial charge >= 0.3 is 11.9 Å². The van der Waals surface area contributed by atoms with Crippen molar-refractivity contribution in [3.8, 4) is 5.75 Å². The molecule has 0 bridgehead atoms. The van der Waals surface area contributed by atoms with Crippen molar-refractivity contribution < 1.29 is 67.4 Å². The van der Waals surface area contributed by atoms with Gasteiger partial charge < -0.3 is 59.5 Å². The molecule has 352 valence electrons. The number of hydrogen-bond acceptors (Lipinski definition) is 13. The van der Waals surface area contributed by atoms with Crippen molar-refractivity contribution in [2.45, 2.75) is 155 Å². The van der Waals surface area contributed by atoms with Crippen LogP contribution < -0.4 is 20.7 Å². The summed E-state index contributed by atoms with van der Waals surface area (Å²) in [5, 5.41) is 27.4. The molecule has 2 fully saturated rings. The van der Waals surface area contributed by atoms with E-state index >= 15 is 0 Å². The lowest BCUT2D eigenvalue weighted by Gasteiger charge is -2.49. The number of methoxy groups -OCH3 is 1. The van der Waals surface area contributed by atoms with Crippen LogP contribution in [0.15, 0.2) is 18.2 Å². The molecule has 5 N–H and O–H groups in total. The summed E-state index contributed by atoms with van der Waals surface area (Å²) in [4.78, 5) is 74.5. The molecular weight excluding hydrogens is 808 g/mol. The number of nitrogens with zero attached hydrogens (tertiary/aromatic N) is 1. The topological polar surface area (TPSA) is 238 Å². The van der Waals surface area contributed by atoms with Crippen LogP contribution in [0.2, 0.25) is 0 Å². The number of nitrogens with one attached hydrogen (secondary N) is 3. The van der Waals surface area contributed by atoms with Crippen molar-refractivity contribution in [1.82, 2.24) is 15.5 Å². The molecule has 0 aliphatic carbocycles. The van der Waals surface area contributed by atoms with Gasteiger partial charge in [0.2, 0.25) is 30.4 Å². The Morgan fingerprint density at radius 2 is 1.73 bits per heavy atom. The quantitative estimate of drug-likeness (QED) is 0.0651. The van der Waals surface area contributed by atoms with E-state index in [1.165, 1.54) is 25.0 Å². The van der Waals surface area contributed by atoms with Crippen LogP contribution in [0.4, 0.5) is 5.69 Å². The van der Waals surface area contributed by atoms with Crippen molar-refractivity contribution in [2.24, 2.45) is 5.92 Å². The Morgan fingerprint density at radius 3 is 2.32 bits per heavy atom. The second-order valence-electron chi connectivity index (χ2n) is 17.4. The highest BCUT2D eigenvalue weighted by Gasteiger charge is 2.46. The van der Waals surface area contributed by atoms with E-state index < -0.39 is 53.5 Å².